The molecule has 619 valence electrons. The molecule has 9 aromatic rings. The van der Waals surface area contributed by atoms with E-state index in [2.05, 4.69) is 60.2 Å². The molecule has 4 aromatic carbocycles. The van der Waals surface area contributed by atoms with Gasteiger partial charge in [-0.3, -0.25) is 44.2 Å². The van der Waals surface area contributed by atoms with Crippen LogP contribution in [-0.2, 0) is 53.1 Å². The summed E-state index contributed by atoms with van der Waals surface area (Å²) >= 11 is 1.96. The Bertz CT molecular complexity index is 4960. The third-order valence-electron chi connectivity index (χ3n) is 20.6. The number of benzene rings is 4. The molecule has 31 heteroatoms. The van der Waals surface area contributed by atoms with E-state index in [1.807, 2.05) is 74.8 Å². The minimum absolute atomic E-state index is 0. The number of carboxylic acids is 1. The van der Waals surface area contributed by atoms with Gasteiger partial charge in [0, 0.05) is 70.3 Å². The molecule has 26 nitrogen and oxygen atoms in total. The molecule has 1 aliphatic heterocycles. The number of nitrogens with zero attached hydrogens (tertiary/aromatic N) is 8. The monoisotopic (exact) mass is 1660 g/mol. The van der Waals surface area contributed by atoms with Crippen molar-refractivity contribution in [2.24, 2.45) is 29.4 Å². The quantitative estimate of drug-likeness (QED) is 0.0280. The maximum atomic E-state index is 13.2. The van der Waals surface area contributed by atoms with Gasteiger partial charge in [-0.05, 0) is 267 Å². The Kier molecular flexibility index (Phi) is 34.8. The Hall–Kier alpha value is -8.55. The van der Waals surface area contributed by atoms with Gasteiger partial charge in [0.1, 0.15) is 28.2 Å². The fraction of sp³-hybridized carbons (Fsp3) is 0.506. The number of hydrogen-bond acceptors (Lipinski definition) is 19. The molecule has 0 unspecified atom stereocenters. The van der Waals surface area contributed by atoms with Crippen LogP contribution in [0.25, 0.3) is 20.4 Å². The molecule has 4 saturated carbocycles. The van der Waals surface area contributed by atoms with Crippen LogP contribution in [0.1, 0.15) is 239 Å². The normalized spacial score (nSPS) is 14.8. The standard InChI is InChI=1S/C24H32N4O3.C20H25N3O.C18H24N2O3S.C13H13NO4S.C5H6N2O2.C5H11N.B.ClH.Na.H/c1-16-13-20(26-25-16)22(29)27(14-17-7-5-8-17)15-18-9-6-10-21-19(18)11-12-28(21)23(30)31-24(2,3)4;1-14-11-19(22-21-14)20(24)23(12-15-5-2-6-15)13-17-9-3-7-16-8-4-10-18(16)17;1-18(2,3)23-16(21)20-14-9-5-8-13(15(14)24-17(20)22)11-19-10-12-6-4-7-12;1-13(2,3)18-11(16)14-9-6-4-5-8(7-15)10(9)19-12(14)17;1-3-2-4(5(8)9)7-6-3;6-4-5-2-1-3-5;;;;/h6,9-10,13,17H,5,7-8,11-12,14-15H2,1-4H3,(H,25,26);3,7,9,11,15H,2,4-6,8,10,12-13H2,1H3,(H,21,22);5,8-9,12,19H,4,6-7,10-11H2,1-3H3;4-7H,1-3H3;2H,1H3,(H,6,7)(H,8,9);5H,1-4,6H2;;1H;;/q;;;;;;;;+1;-1. The zero-order valence-corrected chi connectivity index (χ0v) is 73.8. The average Bonchev–Trinajstić information content (AvgIpc) is 1.63. The smallest absolute Gasteiger partial charge is 1.00 e. The first-order valence-corrected chi connectivity index (χ1v) is 41.1. The molecular formula is C85H113BClN13NaO13S2. The first kappa shape index (κ1) is 94.6. The number of aldehydes is 1. The molecule has 6 aliphatic rings. The van der Waals surface area contributed by atoms with E-state index in [1.165, 1.54) is 113 Å². The summed E-state index contributed by atoms with van der Waals surface area (Å²) in [5, 5.41) is 31.9. The zero-order chi connectivity index (χ0) is 81.5. The number of carbonyl (C=O) groups is 7. The fourth-order valence-electron chi connectivity index (χ4n) is 13.9. The summed E-state index contributed by atoms with van der Waals surface area (Å²) in [5.41, 5.74) is 16.9. The Labute approximate surface area is 718 Å². The number of aromatic nitrogens is 8. The van der Waals surface area contributed by atoms with Crippen LogP contribution < -0.4 is 55.3 Å². The average molecular weight is 1660 g/mol. The zero-order valence-electron chi connectivity index (χ0n) is 70.3. The second-order valence-electron chi connectivity index (χ2n) is 33.2. The summed E-state index contributed by atoms with van der Waals surface area (Å²) in [6.45, 7) is 27.8. The minimum Gasteiger partial charge on any atom is -1.00 e. The molecule has 3 amide bonds. The number of fused-ring (bicyclic) bond motifs is 4. The molecule has 5 aliphatic carbocycles. The largest absolute Gasteiger partial charge is 1.00 e. The molecule has 7 N–H and O–H groups in total. The van der Waals surface area contributed by atoms with Gasteiger partial charge in [-0.2, -0.15) is 15.3 Å². The van der Waals surface area contributed by atoms with E-state index in [0.717, 1.165) is 127 Å². The molecule has 0 bridgehead atoms. The van der Waals surface area contributed by atoms with E-state index in [-0.39, 0.29) is 80.3 Å². The Morgan fingerprint density at radius 2 is 1.00 bits per heavy atom. The van der Waals surface area contributed by atoms with E-state index in [9.17, 15) is 43.2 Å². The van der Waals surface area contributed by atoms with E-state index < -0.39 is 39.8 Å². The van der Waals surface area contributed by atoms with Gasteiger partial charge in [0.2, 0.25) is 0 Å². The van der Waals surface area contributed by atoms with Crippen molar-refractivity contribution in [2.45, 2.75) is 222 Å². The molecule has 4 fully saturated rings. The number of carbonyl (C=O) groups excluding carboxylic acids is 6. The second kappa shape index (κ2) is 42.7. The van der Waals surface area contributed by atoms with Crippen molar-refractivity contribution in [2.75, 3.05) is 37.6 Å². The number of aryl methyl sites for hydroxylation is 4. The molecular weight excluding hydrogens is 1540 g/mol. The van der Waals surface area contributed by atoms with Gasteiger partial charge in [-0.15, -0.1) is 12.4 Å². The van der Waals surface area contributed by atoms with Gasteiger partial charge in [-0.25, -0.2) is 28.3 Å². The van der Waals surface area contributed by atoms with Crippen molar-refractivity contribution < 1.29 is 83.9 Å². The number of rotatable bonds is 17. The summed E-state index contributed by atoms with van der Waals surface area (Å²) < 4.78 is 19.6. The number of hydrogen-bond donors (Lipinski definition) is 6. The van der Waals surface area contributed by atoms with Crippen molar-refractivity contribution in [3.05, 3.63) is 183 Å². The first-order chi connectivity index (χ1) is 53.7. The van der Waals surface area contributed by atoms with Crippen LogP contribution in [0.2, 0.25) is 0 Å². The van der Waals surface area contributed by atoms with E-state index in [1.54, 1.807) is 83.7 Å². The molecule has 0 atom stereocenters. The number of aromatic carboxylic acids is 1. The third-order valence-corrected chi connectivity index (χ3v) is 22.6. The number of halogens is 1. The summed E-state index contributed by atoms with van der Waals surface area (Å²) in [4.78, 5) is 113. The molecule has 5 aromatic heterocycles. The predicted molar refractivity (Wildman–Crippen MR) is 454 cm³/mol. The van der Waals surface area contributed by atoms with Gasteiger partial charge >= 0.3 is 63.6 Å². The van der Waals surface area contributed by atoms with Crippen LogP contribution in [-0.4, -0.2) is 155 Å². The van der Waals surface area contributed by atoms with Crippen molar-refractivity contribution in [3.63, 3.8) is 0 Å². The van der Waals surface area contributed by atoms with Gasteiger partial charge in [-0.1, -0.05) is 103 Å². The molecule has 6 heterocycles. The molecule has 0 saturated heterocycles. The second-order valence-corrected chi connectivity index (χ2v) is 35.1. The predicted octanol–water partition coefficient (Wildman–Crippen LogP) is 12.8. The van der Waals surface area contributed by atoms with Crippen molar-refractivity contribution in [3.8, 4) is 0 Å². The molecule has 116 heavy (non-hydrogen) atoms. The van der Waals surface area contributed by atoms with Crippen LogP contribution in [0.3, 0.4) is 0 Å². The summed E-state index contributed by atoms with van der Waals surface area (Å²) in [6.07, 6.45) is 18.8. The summed E-state index contributed by atoms with van der Waals surface area (Å²) in [5.74, 6) is 1.90. The first-order valence-electron chi connectivity index (χ1n) is 39.4. The van der Waals surface area contributed by atoms with Crippen LogP contribution in [0, 0.1) is 44.4 Å². The number of ether oxygens (including phenoxy) is 3. The number of aromatic amines is 3. The number of amides is 3. The molecule has 3 radical (unpaired) electrons. The van der Waals surface area contributed by atoms with E-state index in [0.29, 0.717) is 77.0 Å². The number of nitrogens with one attached hydrogen (secondary N) is 4. The minimum atomic E-state index is -1.00. The Balaban J connectivity index is 0.000000228. The van der Waals surface area contributed by atoms with Crippen molar-refractivity contribution in [1.82, 2.24) is 54.8 Å². The molecule has 15 rings (SSSR count). The number of nitrogens with two attached hydrogens (primary N) is 1. The van der Waals surface area contributed by atoms with E-state index in [4.69, 9.17) is 25.1 Å². The van der Waals surface area contributed by atoms with Gasteiger partial charge < -0.3 is 41.6 Å². The molecule has 0 spiro atoms. The number of carboxylic acid groups (broad SMARTS) is 1. The number of H-pyrrole nitrogens is 3. The van der Waals surface area contributed by atoms with Gasteiger partial charge in [0.25, 0.3) is 11.8 Å². The maximum absolute atomic E-state index is 13.2. The Morgan fingerprint density at radius 3 is 1.42 bits per heavy atom. The summed E-state index contributed by atoms with van der Waals surface area (Å²) in [6, 6.07) is 28.2. The van der Waals surface area contributed by atoms with Crippen molar-refractivity contribution in [1.29, 1.82) is 0 Å². The van der Waals surface area contributed by atoms with E-state index >= 15 is 0 Å². The number of thiazole rings is 2. The summed E-state index contributed by atoms with van der Waals surface area (Å²) in [7, 11) is 0. The van der Waals surface area contributed by atoms with Crippen LogP contribution in [0.5, 0.6) is 0 Å². The topological polar surface area (TPSA) is 345 Å². The fourth-order valence-corrected chi connectivity index (χ4v) is 15.8. The van der Waals surface area contributed by atoms with Crippen LogP contribution in [0.15, 0.2) is 101 Å². The van der Waals surface area contributed by atoms with Gasteiger partial charge in [0.15, 0.2) is 12.0 Å². The van der Waals surface area contributed by atoms with Crippen LogP contribution >= 0.6 is 35.1 Å². The third kappa shape index (κ3) is 26.0. The Morgan fingerprint density at radius 1 is 0.569 bits per heavy atom. The van der Waals surface area contributed by atoms with Crippen LogP contribution in [0.4, 0.5) is 20.1 Å². The van der Waals surface area contributed by atoms with Gasteiger partial charge in [0.05, 0.1) is 26.1 Å². The number of anilines is 1. The van der Waals surface area contributed by atoms with Crippen molar-refractivity contribution >= 4 is 112 Å². The SMILES string of the molecule is CC(C)(C)OC(=O)n1c(=O)sc2c(C=O)cccc21.CC(C)(C)OC(=O)n1c(=O)sc2c(CNCC3CCC3)cccc21.Cc1cc(C(=O)N(Cc2cccc3c2CCC3)CC2CCC2)n[nH]1.Cc1cc(C(=O)N(Cc2cccc3c2CCN3C(=O)OC(C)(C)C)CC2CCC2)n[nH]1.Cc1cc(C(=O)O)n[nH]1.Cl.NCC1CCC1.[B].[H-].[Na+]. The maximum Gasteiger partial charge on any atom is 1.00 e.